The monoisotopic (exact) mass is 376 g/mol. The van der Waals surface area contributed by atoms with Crippen LogP contribution >= 0.6 is 23.4 Å². The largest absolute Gasteiger partial charge is 0.416 e. The quantitative estimate of drug-likeness (QED) is 0.683. The van der Waals surface area contributed by atoms with E-state index >= 15 is 0 Å². The van der Waals surface area contributed by atoms with Crippen molar-refractivity contribution in [2.24, 2.45) is 0 Å². The molecule has 4 rings (SSSR count). The van der Waals surface area contributed by atoms with Crippen LogP contribution < -0.4 is 5.56 Å². The number of fused-ring (bicyclic) bond motifs is 1. The molecule has 0 aliphatic heterocycles. The SMILES string of the molecule is O=c1[nH]c(CSc2nnc(C3CCCCC3)o2)nc2cc(Cl)ccc12. The molecule has 3 aromatic rings. The third kappa shape index (κ3) is 3.72. The number of thioether (sulfide) groups is 1. The first-order valence-electron chi connectivity index (χ1n) is 8.34. The van der Waals surface area contributed by atoms with Gasteiger partial charge in [0.25, 0.3) is 10.8 Å². The summed E-state index contributed by atoms with van der Waals surface area (Å²) in [7, 11) is 0. The maximum absolute atomic E-state index is 12.1. The highest BCUT2D eigenvalue weighted by atomic mass is 35.5. The Labute approximate surface area is 153 Å². The second-order valence-electron chi connectivity index (χ2n) is 6.20. The molecule has 6 nitrogen and oxygen atoms in total. The molecule has 0 spiro atoms. The van der Waals surface area contributed by atoms with Gasteiger partial charge in [-0.15, -0.1) is 10.2 Å². The molecule has 130 valence electrons. The van der Waals surface area contributed by atoms with Crippen LogP contribution in [-0.2, 0) is 5.75 Å². The Hall–Kier alpha value is -1.86. The van der Waals surface area contributed by atoms with Crippen LogP contribution in [0.15, 0.2) is 32.6 Å². The average Bonchev–Trinajstić information content (AvgIpc) is 3.09. The minimum absolute atomic E-state index is 0.175. The highest BCUT2D eigenvalue weighted by Crippen LogP contribution is 2.33. The highest BCUT2D eigenvalue weighted by Gasteiger charge is 2.21. The summed E-state index contributed by atoms with van der Waals surface area (Å²) in [6.45, 7) is 0. The number of rotatable bonds is 4. The number of nitrogens with zero attached hydrogens (tertiary/aromatic N) is 3. The van der Waals surface area contributed by atoms with Crippen LogP contribution in [0, 0.1) is 0 Å². The number of hydrogen-bond acceptors (Lipinski definition) is 6. The fourth-order valence-corrected chi connectivity index (χ4v) is 3.96. The van der Waals surface area contributed by atoms with Crippen molar-refractivity contribution in [3.63, 3.8) is 0 Å². The summed E-state index contributed by atoms with van der Waals surface area (Å²) >= 11 is 7.36. The van der Waals surface area contributed by atoms with Crippen molar-refractivity contribution in [1.29, 1.82) is 0 Å². The molecule has 0 radical (unpaired) electrons. The number of hydrogen-bond donors (Lipinski definition) is 1. The van der Waals surface area contributed by atoms with Crippen molar-refractivity contribution >= 4 is 34.3 Å². The molecule has 1 saturated carbocycles. The molecule has 1 aromatic carbocycles. The van der Waals surface area contributed by atoms with Gasteiger partial charge in [0.05, 0.1) is 16.7 Å². The fraction of sp³-hybridized carbons (Fsp3) is 0.412. The highest BCUT2D eigenvalue weighted by molar-refractivity contribution is 7.98. The minimum atomic E-state index is -0.175. The van der Waals surface area contributed by atoms with E-state index < -0.39 is 0 Å². The van der Waals surface area contributed by atoms with Gasteiger partial charge in [0, 0.05) is 10.9 Å². The van der Waals surface area contributed by atoms with Crippen LogP contribution in [0.1, 0.15) is 49.7 Å². The van der Waals surface area contributed by atoms with Crippen LogP contribution in [0.25, 0.3) is 10.9 Å². The maximum Gasteiger partial charge on any atom is 0.277 e. The van der Waals surface area contributed by atoms with Gasteiger partial charge in [-0.2, -0.15) is 0 Å². The number of halogens is 1. The van der Waals surface area contributed by atoms with Gasteiger partial charge in [-0.25, -0.2) is 4.98 Å². The first-order chi connectivity index (χ1) is 12.2. The van der Waals surface area contributed by atoms with E-state index in [0.717, 1.165) is 18.7 Å². The van der Waals surface area contributed by atoms with E-state index in [2.05, 4.69) is 20.2 Å². The molecule has 1 N–H and O–H groups in total. The zero-order chi connectivity index (χ0) is 17.2. The molecule has 0 saturated heterocycles. The molecule has 1 fully saturated rings. The number of aromatic nitrogens is 4. The Balaban J connectivity index is 1.49. The second kappa shape index (κ2) is 7.17. The van der Waals surface area contributed by atoms with Crippen LogP contribution in [0.3, 0.4) is 0 Å². The topological polar surface area (TPSA) is 84.7 Å². The second-order valence-corrected chi connectivity index (χ2v) is 7.57. The van der Waals surface area contributed by atoms with E-state index in [-0.39, 0.29) is 5.56 Å². The Morgan fingerprint density at radius 1 is 1.24 bits per heavy atom. The molecule has 0 unspecified atom stereocenters. The Kier molecular flexibility index (Phi) is 4.76. The van der Waals surface area contributed by atoms with Crippen molar-refractivity contribution in [3.8, 4) is 0 Å². The zero-order valence-corrected chi connectivity index (χ0v) is 15.1. The van der Waals surface area contributed by atoms with Gasteiger partial charge in [-0.3, -0.25) is 4.79 Å². The Bertz CT molecular complexity index is 949. The number of nitrogens with one attached hydrogen (secondary N) is 1. The smallest absolute Gasteiger partial charge is 0.277 e. The molecular weight excluding hydrogens is 360 g/mol. The molecule has 1 aliphatic carbocycles. The molecule has 0 atom stereocenters. The minimum Gasteiger partial charge on any atom is -0.416 e. The van der Waals surface area contributed by atoms with Crippen LogP contribution in [0.2, 0.25) is 5.02 Å². The van der Waals surface area contributed by atoms with Crippen LogP contribution in [-0.4, -0.2) is 20.2 Å². The summed E-state index contributed by atoms with van der Waals surface area (Å²) in [5, 5.41) is 9.88. The number of H-pyrrole nitrogens is 1. The predicted octanol–water partition coefficient (Wildman–Crippen LogP) is 4.30. The van der Waals surface area contributed by atoms with E-state index in [0.29, 0.717) is 38.6 Å². The third-order valence-electron chi connectivity index (χ3n) is 4.43. The van der Waals surface area contributed by atoms with Crippen molar-refractivity contribution in [1.82, 2.24) is 20.2 Å². The van der Waals surface area contributed by atoms with Crippen LogP contribution in [0.5, 0.6) is 0 Å². The summed E-state index contributed by atoms with van der Waals surface area (Å²) in [6, 6.07) is 5.05. The Morgan fingerprint density at radius 2 is 2.08 bits per heavy atom. The van der Waals surface area contributed by atoms with E-state index in [9.17, 15) is 4.79 Å². The van der Waals surface area contributed by atoms with E-state index in [1.807, 2.05) is 0 Å². The van der Waals surface area contributed by atoms with Gasteiger partial charge in [0.15, 0.2) is 0 Å². The molecule has 2 aromatic heterocycles. The molecule has 1 aliphatic rings. The van der Waals surface area contributed by atoms with E-state index in [1.54, 1.807) is 18.2 Å². The third-order valence-corrected chi connectivity index (χ3v) is 5.49. The van der Waals surface area contributed by atoms with Crippen LogP contribution in [0.4, 0.5) is 0 Å². The standard InChI is InChI=1S/C17H17ClN4O2S/c18-11-6-7-12-13(8-11)19-14(20-15(12)23)9-25-17-22-21-16(24-17)10-4-2-1-3-5-10/h6-8,10H,1-5,9H2,(H,19,20,23). The lowest BCUT2D eigenvalue weighted by Crippen LogP contribution is -2.11. The predicted molar refractivity (Wildman–Crippen MR) is 97.1 cm³/mol. The van der Waals surface area contributed by atoms with Gasteiger partial charge in [0.2, 0.25) is 5.89 Å². The van der Waals surface area contributed by atoms with Crippen molar-refractivity contribution < 1.29 is 4.42 Å². The average molecular weight is 377 g/mol. The molecular formula is C17H17ClN4O2S. The van der Waals surface area contributed by atoms with Gasteiger partial charge < -0.3 is 9.40 Å². The van der Waals surface area contributed by atoms with Crippen molar-refractivity contribution in [2.45, 2.75) is 49.0 Å². The Morgan fingerprint density at radius 3 is 2.92 bits per heavy atom. The summed E-state index contributed by atoms with van der Waals surface area (Å²) < 4.78 is 5.78. The summed E-state index contributed by atoms with van der Waals surface area (Å²) in [5.74, 6) is 2.12. The van der Waals surface area contributed by atoms with E-state index in [4.69, 9.17) is 16.0 Å². The summed E-state index contributed by atoms with van der Waals surface area (Å²) in [5.41, 5.74) is 0.408. The van der Waals surface area contributed by atoms with Gasteiger partial charge >= 0.3 is 0 Å². The zero-order valence-electron chi connectivity index (χ0n) is 13.5. The van der Waals surface area contributed by atoms with E-state index in [1.165, 1.54) is 31.0 Å². The first kappa shape index (κ1) is 16.6. The maximum atomic E-state index is 12.1. The molecule has 2 heterocycles. The number of aromatic amines is 1. The lowest BCUT2D eigenvalue weighted by Gasteiger charge is -2.17. The molecule has 0 bridgehead atoms. The van der Waals surface area contributed by atoms with Gasteiger partial charge in [-0.1, -0.05) is 42.6 Å². The lowest BCUT2D eigenvalue weighted by molar-refractivity contribution is 0.334. The summed E-state index contributed by atoms with van der Waals surface area (Å²) in [4.78, 5) is 19.4. The number of benzene rings is 1. The fourth-order valence-electron chi connectivity index (χ4n) is 3.15. The lowest BCUT2D eigenvalue weighted by atomic mass is 9.89. The van der Waals surface area contributed by atoms with Crippen molar-refractivity contribution in [2.75, 3.05) is 0 Å². The van der Waals surface area contributed by atoms with Gasteiger partial charge in [0.1, 0.15) is 5.82 Å². The normalized spacial score (nSPS) is 15.7. The van der Waals surface area contributed by atoms with Crippen molar-refractivity contribution in [3.05, 3.63) is 45.3 Å². The van der Waals surface area contributed by atoms with Gasteiger partial charge in [-0.05, 0) is 31.0 Å². The molecule has 8 heteroatoms. The molecule has 25 heavy (non-hydrogen) atoms. The molecule has 0 amide bonds. The summed E-state index contributed by atoms with van der Waals surface area (Å²) in [6.07, 6.45) is 5.97. The first-order valence-corrected chi connectivity index (χ1v) is 9.70.